The maximum Gasteiger partial charge on any atom is 0.317 e. The Bertz CT molecular complexity index is 793. The number of amides is 2. The van der Waals surface area contributed by atoms with Crippen molar-refractivity contribution in [3.05, 3.63) is 69.2 Å². The number of morpholine rings is 1. The van der Waals surface area contributed by atoms with Gasteiger partial charge in [0.2, 0.25) is 0 Å². The summed E-state index contributed by atoms with van der Waals surface area (Å²) in [6, 6.07) is 13.5. The average molecular weight is 422 g/mol. The van der Waals surface area contributed by atoms with Gasteiger partial charge >= 0.3 is 6.03 Å². The van der Waals surface area contributed by atoms with Crippen LogP contribution in [0.3, 0.4) is 0 Å². The van der Waals surface area contributed by atoms with Crippen molar-refractivity contribution in [3.8, 4) is 0 Å². The first-order valence-corrected chi connectivity index (χ1v) is 10.1. The molecule has 2 amide bonds. The lowest BCUT2D eigenvalue weighted by Crippen LogP contribution is -2.36. The molecule has 0 aromatic heterocycles. The van der Waals surface area contributed by atoms with Gasteiger partial charge in [-0.15, -0.1) is 0 Å². The van der Waals surface area contributed by atoms with Crippen molar-refractivity contribution in [2.45, 2.75) is 19.6 Å². The lowest BCUT2D eigenvalue weighted by atomic mass is 10.1. The van der Waals surface area contributed by atoms with Crippen molar-refractivity contribution < 1.29 is 9.53 Å². The molecule has 150 valence electrons. The van der Waals surface area contributed by atoms with Crippen LogP contribution in [-0.2, 0) is 24.4 Å². The van der Waals surface area contributed by atoms with E-state index in [1.54, 1.807) is 24.1 Å². The molecule has 0 atom stereocenters. The number of urea groups is 1. The maximum absolute atomic E-state index is 12.4. The zero-order chi connectivity index (χ0) is 19.9. The number of ether oxygens (including phenoxy) is 1. The van der Waals surface area contributed by atoms with E-state index in [9.17, 15) is 4.79 Å². The van der Waals surface area contributed by atoms with Crippen LogP contribution in [0.2, 0.25) is 10.0 Å². The summed E-state index contributed by atoms with van der Waals surface area (Å²) < 4.78 is 5.38. The topological polar surface area (TPSA) is 44.8 Å². The van der Waals surface area contributed by atoms with E-state index >= 15 is 0 Å². The van der Waals surface area contributed by atoms with E-state index in [0.29, 0.717) is 23.1 Å². The van der Waals surface area contributed by atoms with E-state index in [-0.39, 0.29) is 6.03 Å². The van der Waals surface area contributed by atoms with Crippen molar-refractivity contribution in [1.29, 1.82) is 0 Å². The Hall–Kier alpha value is -1.79. The summed E-state index contributed by atoms with van der Waals surface area (Å²) in [7, 11) is 1.74. The monoisotopic (exact) mass is 421 g/mol. The van der Waals surface area contributed by atoms with Crippen LogP contribution in [0, 0.1) is 0 Å². The summed E-state index contributed by atoms with van der Waals surface area (Å²) >= 11 is 12.1. The second kappa shape index (κ2) is 10.1. The van der Waals surface area contributed by atoms with E-state index in [4.69, 9.17) is 27.9 Å². The summed E-state index contributed by atoms with van der Waals surface area (Å²) in [5.41, 5.74) is 3.19. The SMILES string of the molecule is CN(Cc1ccc(Cl)cc1Cl)C(=O)NCc1ccc(CN2CCOCC2)cc1. The van der Waals surface area contributed by atoms with E-state index < -0.39 is 0 Å². The maximum atomic E-state index is 12.4. The highest BCUT2D eigenvalue weighted by atomic mass is 35.5. The highest BCUT2D eigenvalue weighted by Crippen LogP contribution is 2.22. The van der Waals surface area contributed by atoms with E-state index in [2.05, 4.69) is 34.5 Å². The number of hydrogen-bond acceptors (Lipinski definition) is 3. The number of hydrogen-bond donors (Lipinski definition) is 1. The lowest BCUT2D eigenvalue weighted by Gasteiger charge is -2.26. The average Bonchev–Trinajstić information content (AvgIpc) is 2.70. The minimum absolute atomic E-state index is 0.150. The van der Waals surface area contributed by atoms with Gasteiger partial charge in [0.25, 0.3) is 0 Å². The first kappa shape index (κ1) is 20.9. The fourth-order valence-electron chi connectivity index (χ4n) is 3.07. The van der Waals surface area contributed by atoms with Gasteiger partial charge in [-0.1, -0.05) is 53.5 Å². The van der Waals surface area contributed by atoms with E-state index in [1.807, 2.05) is 6.07 Å². The second-order valence-electron chi connectivity index (χ2n) is 6.96. The summed E-state index contributed by atoms with van der Waals surface area (Å²) in [4.78, 5) is 16.3. The van der Waals surface area contributed by atoms with Crippen LogP contribution >= 0.6 is 23.2 Å². The zero-order valence-corrected chi connectivity index (χ0v) is 17.5. The first-order chi connectivity index (χ1) is 13.5. The molecule has 0 saturated carbocycles. The number of carbonyl (C=O) groups is 1. The Morgan fingerprint density at radius 2 is 1.79 bits per heavy atom. The minimum atomic E-state index is -0.150. The molecule has 2 aromatic carbocycles. The molecule has 1 fully saturated rings. The predicted octanol–water partition coefficient (Wildman–Crippen LogP) is 4.17. The Kier molecular flexibility index (Phi) is 7.57. The highest BCUT2D eigenvalue weighted by molar-refractivity contribution is 6.35. The summed E-state index contributed by atoms with van der Waals surface area (Å²) in [5.74, 6) is 0. The van der Waals surface area contributed by atoms with Crippen LogP contribution in [-0.4, -0.2) is 49.2 Å². The van der Waals surface area contributed by atoms with Gasteiger partial charge in [-0.3, -0.25) is 4.90 Å². The molecule has 7 heteroatoms. The lowest BCUT2D eigenvalue weighted by molar-refractivity contribution is 0.0342. The van der Waals surface area contributed by atoms with Crippen LogP contribution in [0.4, 0.5) is 4.79 Å². The third kappa shape index (κ3) is 6.11. The van der Waals surface area contributed by atoms with Crippen molar-refractivity contribution >= 4 is 29.2 Å². The number of carbonyl (C=O) groups excluding carboxylic acids is 1. The van der Waals surface area contributed by atoms with Gasteiger partial charge in [0.15, 0.2) is 0 Å². The van der Waals surface area contributed by atoms with Gasteiger partial charge in [-0.25, -0.2) is 4.79 Å². The number of nitrogens with one attached hydrogen (secondary N) is 1. The van der Waals surface area contributed by atoms with Crippen LogP contribution in [0.15, 0.2) is 42.5 Å². The highest BCUT2D eigenvalue weighted by Gasteiger charge is 2.12. The van der Waals surface area contributed by atoms with E-state index in [1.165, 1.54) is 5.56 Å². The number of rotatable bonds is 6. The zero-order valence-electron chi connectivity index (χ0n) is 16.0. The normalized spacial score (nSPS) is 14.7. The molecule has 2 aromatic rings. The van der Waals surface area contributed by atoms with Gasteiger partial charge < -0.3 is 15.0 Å². The summed E-state index contributed by atoms with van der Waals surface area (Å²) in [6.45, 7) is 5.39. The third-order valence-electron chi connectivity index (χ3n) is 4.75. The molecule has 0 radical (unpaired) electrons. The van der Waals surface area contributed by atoms with Gasteiger partial charge in [-0.2, -0.15) is 0 Å². The van der Waals surface area contributed by atoms with Crippen LogP contribution in [0.5, 0.6) is 0 Å². The molecule has 1 N–H and O–H groups in total. The smallest absolute Gasteiger partial charge is 0.317 e. The van der Waals surface area contributed by atoms with Crippen molar-refractivity contribution in [2.24, 2.45) is 0 Å². The van der Waals surface area contributed by atoms with Crippen LogP contribution < -0.4 is 5.32 Å². The number of benzene rings is 2. The second-order valence-corrected chi connectivity index (χ2v) is 7.80. The summed E-state index contributed by atoms with van der Waals surface area (Å²) in [6.07, 6.45) is 0. The predicted molar refractivity (Wildman–Crippen MR) is 113 cm³/mol. The van der Waals surface area contributed by atoms with Gasteiger partial charge in [0.1, 0.15) is 0 Å². The molecular formula is C21H25Cl2N3O2. The van der Waals surface area contributed by atoms with Crippen molar-refractivity contribution in [2.75, 3.05) is 33.4 Å². The largest absolute Gasteiger partial charge is 0.379 e. The van der Waals surface area contributed by atoms with Crippen molar-refractivity contribution in [3.63, 3.8) is 0 Å². The molecule has 1 heterocycles. The fourth-order valence-corrected chi connectivity index (χ4v) is 3.54. The van der Waals surface area contributed by atoms with Crippen LogP contribution in [0.25, 0.3) is 0 Å². The molecule has 28 heavy (non-hydrogen) atoms. The molecule has 0 bridgehead atoms. The molecular weight excluding hydrogens is 397 g/mol. The van der Waals surface area contributed by atoms with Gasteiger partial charge in [0, 0.05) is 49.8 Å². The molecule has 5 nitrogen and oxygen atoms in total. The Morgan fingerprint density at radius 3 is 2.46 bits per heavy atom. The summed E-state index contributed by atoms with van der Waals surface area (Å²) in [5, 5.41) is 4.08. The van der Waals surface area contributed by atoms with Crippen molar-refractivity contribution in [1.82, 2.24) is 15.1 Å². The quantitative estimate of drug-likeness (QED) is 0.760. The molecule has 0 aliphatic carbocycles. The fraction of sp³-hybridized carbons (Fsp3) is 0.381. The van der Waals surface area contributed by atoms with E-state index in [0.717, 1.165) is 44.0 Å². The van der Waals surface area contributed by atoms with Crippen LogP contribution in [0.1, 0.15) is 16.7 Å². The molecule has 1 aliphatic heterocycles. The first-order valence-electron chi connectivity index (χ1n) is 9.32. The number of halogens is 2. The van der Waals surface area contributed by atoms with Gasteiger partial charge in [-0.05, 0) is 28.8 Å². The standard InChI is InChI=1S/C21H25Cl2N3O2/c1-25(15-18-6-7-19(22)12-20(18)23)21(27)24-13-16-2-4-17(5-3-16)14-26-8-10-28-11-9-26/h2-7,12H,8-11,13-15H2,1H3,(H,24,27). The molecule has 0 spiro atoms. The molecule has 0 unspecified atom stereocenters. The molecule has 1 aliphatic rings. The Labute approximate surface area is 176 Å². The van der Waals surface area contributed by atoms with Gasteiger partial charge in [0.05, 0.1) is 13.2 Å². The minimum Gasteiger partial charge on any atom is -0.379 e. The molecule has 3 rings (SSSR count). The Balaban J connectivity index is 1.46. The molecule has 1 saturated heterocycles. The third-order valence-corrected chi connectivity index (χ3v) is 5.33. The Morgan fingerprint density at radius 1 is 1.11 bits per heavy atom. The number of nitrogens with zero attached hydrogens (tertiary/aromatic N) is 2.